The van der Waals surface area contributed by atoms with Crippen LogP contribution in [-0.2, 0) is 5.41 Å². The lowest BCUT2D eigenvalue weighted by molar-refractivity contribution is 0.632. The maximum Gasteiger partial charge on any atom is 0.160 e. The Kier molecular flexibility index (Phi) is 8.42. The SMILES string of the molecule is CC1(C)c2ccccc2N(c2c(-n3c4ccccc4c4ncccc43)cc(-c3cc(-c4ccccc4)nc(-c4ccccc4)n3)cc2-n2c3ccccc3c3ncccc32)c2ccccc21. The third-order valence-electron chi connectivity index (χ3n) is 13.4. The van der Waals surface area contributed by atoms with Crippen LogP contribution in [-0.4, -0.2) is 29.1 Å². The summed E-state index contributed by atoms with van der Waals surface area (Å²) in [6.07, 6.45) is 3.78. The molecule has 0 bridgehead atoms. The van der Waals surface area contributed by atoms with Crippen LogP contribution in [0.2, 0.25) is 0 Å². The maximum atomic E-state index is 5.46. The number of para-hydroxylation sites is 4. The van der Waals surface area contributed by atoms with Crippen LogP contribution in [0.15, 0.2) is 213 Å². The van der Waals surface area contributed by atoms with Crippen LogP contribution in [0.1, 0.15) is 25.0 Å². The molecule has 0 N–H and O–H groups in total. The summed E-state index contributed by atoms with van der Waals surface area (Å²) in [5, 5.41) is 2.15. The Labute approximate surface area is 381 Å². The number of hydrogen-bond donors (Lipinski definition) is 0. The molecule has 0 saturated heterocycles. The average Bonchev–Trinajstić information content (AvgIpc) is 3.90. The lowest BCUT2D eigenvalue weighted by atomic mass is 9.73. The molecular weight excluding hydrogens is 807 g/mol. The molecular formula is C59H41N7. The van der Waals surface area contributed by atoms with E-state index in [-0.39, 0.29) is 5.41 Å². The van der Waals surface area contributed by atoms with E-state index in [4.69, 9.17) is 19.9 Å². The van der Waals surface area contributed by atoms with Crippen LogP contribution in [0, 0.1) is 0 Å². The number of aromatic nitrogens is 6. The minimum Gasteiger partial charge on any atom is -0.306 e. The fraction of sp³-hybridized carbons (Fsp3) is 0.0508. The maximum absolute atomic E-state index is 5.46. The molecule has 0 amide bonds. The third kappa shape index (κ3) is 5.69. The Hall–Kier alpha value is -8.68. The molecule has 1 aliphatic rings. The summed E-state index contributed by atoms with van der Waals surface area (Å²) in [6.45, 7) is 4.68. The Morgan fingerprint density at radius 2 is 0.818 bits per heavy atom. The molecule has 7 aromatic carbocycles. The number of rotatable bonds is 6. The molecule has 0 aliphatic carbocycles. The van der Waals surface area contributed by atoms with Crippen LogP contribution in [0.3, 0.4) is 0 Å². The first-order valence-corrected chi connectivity index (χ1v) is 22.4. The largest absolute Gasteiger partial charge is 0.306 e. The molecule has 0 radical (unpaired) electrons. The molecule has 0 spiro atoms. The Bertz CT molecular complexity index is 3520. The van der Waals surface area contributed by atoms with Crippen molar-refractivity contribution in [1.82, 2.24) is 29.1 Å². The summed E-state index contributed by atoms with van der Waals surface area (Å²) in [5.74, 6) is 0.655. The molecule has 0 fully saturated rings. The first-order chi connectivity index (χ1) is 32.5. The highest BCUT2D eigenvalue weighted by atomic mass is 15.2. The van der Waals surface area contributed by atoms with E-state index in [9.17, 15) is 0 Å². The van der Waals surface area contributed by atoms with Gasteiger partial charge in [0.15, 0.2) is 5.82 Å². The van der Waals surface area contributed by atoms with Gasteiger partial charge in [0, 0.05) is 45.3 Å². The van der Waals surface area contributed by atoms with Gasteiger partial charge < -0.3 is 14.0 Å². The molecule has 6 heterocycles. The summed E-state index contributed by atoms with van der Waals surface area (Å²) in [6, 6.07) is 71.0. The van der Waals surface area contributed by atoms with Gasteiger partial charge in [0.05, 0.1) is 72.9 Å². The predicted octanol–water partition coefficient (Wildman–Crippen LogP) is 14.6. The highest BCUT2D eigenvalue weighted by Crippen LogP contribution is 2.55. The zero-order chi connectivity index (χ0) is 43.9. The zero-order valence-electron chi connectivity index (χ0n) is 36.3. The smallest absolute Gasteiger partial charge is 0.160 e. The van der Waals surface area contributed by atoms with Gasteiger partial charge in [-0.05, 0) is 77.9 Å². The van der Waals surface area contributed by atoms with Gasteiger partial charge in [-0.2, -0.15) is 0 Å². The van der Waals surface area contributed by atoms with Crippen molar-refractivity contribution < 1.29 is 0 Å². The third-order valence-corrected chi connectivity index (χ3v) is 13.4. The Morgan fingerprint density at radius 3 is 1.36 bits per heavy atom. The lowest BCUT2D eigenvalue weighted by Crippen LogP contribution is -2.31. The van der Waals surface area contributed by atoms with Crippen LogP contribution in [0.25, 0.3) is 89.2 Å². The highest BCUT2D eigenvalue weighted by Gasteiger charge is 2.39. The molecule has 1 aliphatic heterocycles. The van der Waals surface area contributed by atoms with Gasteiger partial charge in [0.25, 0.3) is 0 Å². The fourth-order valence-electron chi connectivity index (χ4n) is 10.4. The van der Waals surface area contributed by atoms with Gasteiger partial charge in [-0.3, -0.25) is 9.97 Å². The number of anilines is 3. The monoisotopic (exact) mass is 847 g/mol. The average molecular weight is 848 g/mol. The first-order valence-electron chi connectivity index (χ1n) is 22.4. The van der Waals surface area contributed by atoms with E-state index in [1.54, 1.807) is 0 Å². The quantitative estimate of drug-likeness (QED) is 0.167. The molecule has 0 unspecified atom stereocenters. The van der Waals surface area contributed by atoms with Gasteiger partial charge in [-0.1, -0.05) is 147 Å². The molecule has 13 rings (SSSR count). The minimum atomic E-state index is -0.278. The minimum absolute atomic E-state index is 0.278. The Morgan fingerprint density at radius 1 is 0.379 bits per heavy atom. The van der Waals surface area contributed by atoms with E-state index >= 15 is 0 Å². The van der Waals surface area contributed by atoms with E-state index in [0.29, 0.717) is 5.82 Å². The van der Waals surface area contributed by atoms with E-state index in [0.717, 1.165) is 100 Å². The molecule has 312 valence electrons. The number of fused-ring (bicyclic) bond motifs is 8. The summed E-state index contributed by atoms with van der Waals surface area (Å²) in [7, 11) is 0. The molecule has 12 aromatic rings. The molecule has 5 aromatic heterocycles. The van der Waals surface area contributed by atoms with Gasteiger partial charge in [0.2, 0.25) is 0 Å². The van der Waals surface area contributed by atoms with Crippen molar-refractivity contribution in [3.63, 3.8) is 0 Å². The van der Waals surface area contributed by atoms with Crippen LogP contribution < -0.4 is 4.90 Å². The fourth-order valence-corrected chi connectivity index (χ4v) is 10.4. The number of nitrogens with zero attached hydrogens (tertiary/aromatic N) is 7. The van der Waals surface area contributed by atoms with Crippen molar-refractivity contribution >= 4 is 60.9 Å². The molecule has 7 nitrogen and oxygen atoms in total. The van der Waals surface area contributed by atoms with Crippen molar-refractivity contribution in [2.75, 3.05) is 4.90 Å². The van der Waals surface area contributed by atoms with Crippen LogP contribution in [0.5, 0.6) is 0 Å². The highest BCUT2D eigenvalue weighted by molar-refractivity contribution is 6.11. The molecule has 0 atom stereocenters. The van der Waals surface area contributed by atoms with Crippen molar-refractivity contribution in [3.8, 4) is 45.3 Å². The summed E-state index contributed by atoms with van der Waals surface area (Å²) in [4.78, 5) is 23.3. The van der Waals surface area contributed by atoms with E-state index in [1.165, 1.54) is 11.1 Å². The second kappa shape index (κ2) is 14.7. The number of benzene rings is 7. The standard InChI is InChI=1S/C59H41N7/c1-59(2)43-25-11-15-29-49(43)66(50-30-16-12-26-44(50)59)57-53(64-47-27-13-9-23-41(47)55-51(64)31-17-33-60-55)35-40(36-54(57)65-48-28-14-10-24-42(48)56-52(65)32-18-34-61-56)46-37-45(38-19-5-3-6-20-38)62-58(63-46)39-21-7-4-8-22-39/h3-37H,1-2H3. The predicted molar refractivity (Wildman–Crippen MR) is 269 cm³/mol. The van der Waals surface area contributed by atoms with E-state index < -0.39 is 0 Å². The summed E-state index contributed by atoms with van der Waals surface area (Å²) >= 11 is 0. The molecule has 7 heteroatoms. The van der Waals surface area contributed by atoms with E-state index in [2.05, 4.69) is 192 Å². The Balaban J connectivity index is 1.25. The normalized spacial score (nSPS) is 13.1. The lowest BCUT2D eigenvalue weighted by Gasteiger charge is -2.43. The first kappa shape index (κ1) is 37.8. The van der Waals surface area contributed by atoms with Crippen molar-refractivity contribution in [2.45, 2.75) is 19.3 Å². The molecule has 66 heavy (non-hydrogen) atoms. The van der Waals surface area contributed by atoms with Gasteiger partial charge >= 0.3 is 0 Å². The topological polar surface area (TPSA) is 64.7 Å². The van der Waals surface area contributed by atoms with Gasteiger partial charge in [-0.25, -0.2) is 9.97 Å². The van der Waals surface area contributed by atoms with Crippen LogP contribution >= 0.6 is 0 Å². The number of pyridine rings is 2. The van der Waals surface area contributed by atoms with E-state index in [1.807, 2.05) is 48.8 Å². The second-order valence-corrected chi connectivity index (χ2v) is 17.5. The summed E-state index contributed by atoms with van der Waals surface area (Å²) in [5.41, 5.74) is 17.9. The molecule has 0 saturated carbocycles. The summed E-state index contributed by atoms with van der Waals surface area (Å²) < 4.78 is 4.82. The van der Waals surface area contributed by atoms with Crippen molar-refractivity contribution in [2.24, 2.45) is 0 Å². The van der Waals surface area contributed by atoms with Gasteiger partial charge in [-0.15, -0.1) is 0 Å². The van der Waals surface area contributed by atoms with Crippen molar-refractivity contribution in [3.05, 3.63) is 224 Å². The second-order valence-electron chi connectivity index (χ2n) is 17.5. The zero-order valence-corrected chi connectivity index (χ0v) is 36.3. The number of hydrogen-bond acceptors (Lipinski definition) is 5. The van der Waals surface area contributed by atoms with Crippen LogP contribution in [0.4, 0.5) is 17.1 Å². The van der Waals surface area contributed by atoms with Gasteiger partial charge in [0.1, 0.15) is 0 Å². The van der Waals surface area contributed by atoms with Crippen molar-refractivity contribution in [1.29, 1.82) is 0 Å².